The maximum Gasteiger partial charge on any atom is 0.350 e. The SMILES string of the molecule is CCC(C(=O)Nc1c(C)csc1C(=O)OC)[N+]1(Cc2cccc(C)c2)CCCCC1. The van der Waals surface area contributed by atoms with E-state index < -0.39 is 5.97 Å². The maximum atomic E-state index is 13.5. The summed E-state index contributed by atoms with van der Waals surface area (Å²) in [5, 5.41) is 4.99. The average molecular weight is 430 g/mol. The van der Waals surface area contributed by atoms with Crippen LogP contribution in [0.1, 0.15) is 59.0 Å². The fourth-order valence-corrected chi connectivity index (χ4v) is 5.69. The lowest BCUT2D eigenvalue weighted by atomic mass is 9.98. The zero-order valence-corrected chi connectivity index (χ0v) is 19.3. The molecule has 1 aliphatic heterocycles. The van der Waals surface area contributed by atoms with Crippen LogP contribution in [0, 0.1) is 13.8 Å². The predicted molar refractivity (Wildman–Crippen MR) is 122 cm³/mol. The van der Waals surface area contributed by atoms with Gasteiger partial charge >= 0.3 is 5.97 Å². The molecule has 0 spiro atoms. The van der Waals surface area contributed by atoms with Gasteiger partial charge in [-0.25, -0.2) is 4.79 Å². The van der Waals surface area contributed by atoms with Crippen molar-refractivity contribution in [3.05, 3.63) is 51.2 Å². The number of benzene rings is 1. The molecule has 0 radical (unpaired) electrons. The van der Waals surface area contributed by atoms with Gasteiger partial charge in [0.15, 0.2) is 6.04 Å². The van der Waals surface area contributed by atoms with E-state index in [1.54, 1.807) is 0 Å². The van der Waals surface area contributed by atoms with Crippen molar-refractivity contribution in [2.75, 3.05) is 25.5 Å². The molecule has 1 amide bonds. The van der Waals surface area contributed by atoms with Crippen molar-refractivity contribution >= 4 is 28.9 Å². The molecule has 1 N–H and O–H groups in total. The molecule has 0 saturated carbocycles. The van der Waals surface area contributed by atoms with Crippen molar-refractivity contribution in [2.45, 2.75) is 59.0 Å². The van der Waals surface area contributed by atoms with Crippen LogP contribution in [0.5, 0.6) is 0 Å². The number of carbonyl (C=O) groups excluding carboxylic acids is 2. The first-order chi connectivity index (χ1) is 14.4. The van der Waals surface area contributed by atoms with Crippen LogP contribution in [0.15, 0.2) is 29.6 Å². The summed E-state index contributed by atoms with van der Waals surface area (Å²) in [5.41, 5.74) is 4.02. The van der Waals surface area contributed by atoms with E-state index in [4.69, 9.17) is 4.74 Å². The van der Waals surface area contributed by atoms with Gasteiger partial charge in [0, 0.05) is 12.0 Å². The average Bonchev–Trinajstić information content (AvgIpc) is 3.09. The number of hydrogen-bond acceptors (Lipinski definition) is 4. The highest BCUT2D eigenvalue weighted by molar-refractivity contribution is 7.12. The molecule has 5 nitrogen and oxygen atoms in total. The van der Waals surface area contributed by atoms with Crippen LogP contribution < -0.4 is 5.32 Å². The third-order valence-electron chi connectivity index (χ3n) is 6.23. The molecule has 0 aliphatic carbocycles. The number of hydrogen-bond donors (Lipinski definition) is 1. The number of methoxy groups -OCH3 is 1. The van der Waals surface area contributed by atoms with Crippen molar-refractivity contribution in [1.29, 1.82) is 0 Å². The minimum Gasteiger partial charge on any atom is -0.465 e. The normalized spacial score (nSPS) is 16.7. The van der Waals surface area contributed by atoms with Crippen LogP contribution in [-0.2, 0) is 16.1 Å². The van der Waals surface area contributed by atoms with Gasteiger partial charge in [-0.05, 0) is 44.1 Å². The number of nitrogens with zero attached hydrogens (tertiary/aromatic N) is 1. The second-order valence-corrected chi connectivity index (χ2v) is 9.28. The zero-order chi connectivity index (χ0) is 21.7. The first-order valence-electron chi connectivity index (χ1n) is 10.8. The third-order valence-corrected chi connectivity index (χ3v) is 7.31. The monoisotopic (exact) mass is 429 g/mol. The molecule has 2 aromatic rings. The standard InChI is InChI=1S/C24H32N2O3S/c1-5-20(23(27)25-21-18(3)16-30-22(21)24(28)29-4)26(12-7-6-8-13-26)15-19-11-9-10-17(2)14-19/h9-11,14,16,20H,5-8,12-13,15H2,1-4H3/p+1. The second kappa shape index (κ2) is 9.75. The van der Waals surface area contributed by atoms with Crippen LogP contribution in [0.2, 0.25) is 0 Å². The van der Waals surface area contributed by atoms with Crippen molar-refractivity contribution in [2.24, 2.45) is 0 Å². The Hall–Kier alpha value is -2.18. The van der Waals surface area contributed by atoms with Gasteiger partial charge in [-0.2, -0.15) is 0 Å². The first-order valence-corrected chi connectivity index (χ1v) is 11.7. The van der Waals surface area contributed by atoms with E-state index in [9.17, 15) is 9.59 Å². The van der Waals surface area contributed by atoms with Gasteiger partial charge in [-0.1, -0.05) is 36.8 Å². The summed E-state index contributed by atoms with van der Waals surface area (Å²) in [6, 6.07) is 8.46. The van der Waals surface area contributed by atoms with Crippen molar-refractivity contribution in [1.82, 2.24) is 0 Å². The minimum atomic E-state index is -0.405. The van der Waals surface area contributed by atoms with Crippen molar-refractivity contribution in [3.8, 4) is 0 Å². The molecular formula is C24H33N2O3S+. The number of piperidine rings is 1. The topological polar surface area (TPSA) is 55.4 Å². The first kappa shape index (κ1) is 22.5. The van der Waals surface area contributed by atoms with Gasteiger partial charge in [0.1, 0.15) is 11.4 Å². The number of anilines is 1. The maximum absolute atomic E-state index is 13.5. The molecule has 2 heterocycles. The Morgan fingerprint density at radius 2 is 1.93 bits per heavy atom. The summed E-state index contributed by atoms with van der Waals surface area (Å²) in [6.45, 7) is 8.99. The van der Waals surface area contributed by atoms with Gasteiger partial charge in [-0.15, -0.1) is 11.3 Å². The Kier molecular flexibility index (Phi) is 7.32. The number of nitrogens with one attached hydrogen (secondary N) is 1. The molecule has 1 aromatic carbocycles. The Balaban J connectivity index is 1.90. The molecule has 1 saturated heterocycles. The Bertz CT molecular complexity index is 900. The molecule has 1 aliphatic rings. The Morgan fingerprint density at radius 1 is 1.20 bits per heavy atom. The Labute approximate surface area is 183 Å². The van der Waals surface area contributed by atoms with Gasteiger partial charge in [0.05, 0.1) is 25.9 Å². The van der Waals surface area contributed by atoms with Gasteiger partial charge < -0.3 is 14.5 Å². The molecule has 1 fully saturated rings. The zero-order valence-electron chi connectivity index (χ0n) is 18.5. The number of quaternary nitrogens is 1. The number of amides is 1. The Morgan fingerprint density at radius 3 is 2.57 bits per heavy atom. The molecule has 30 heavy (non-hydrogen) atoms. The van der Waals surface area contributed by atoms with E-state index in [-0.39, 0.29) is 11.9 Å². The number of thiophene rings is 1. The summed E-state index contributed by atoms with van der Waals surface area (Å²) in [4.78, 5) is 26.1. The molecule has 162 valence electrons. The molecule has 0 bridgehead atoms. The fraction of sp³-hybridized carbons (Fsp3) is 0.500. The largest absolute Gasteiger partial charge is 0.465 e. The molecule has 6 heteroatoms. The van der Waals surface area contributed by atoms with Gasteiger partial charge in [0.2, 0.25) is 0 Å². The van der Waals surface area contributed by atoms with Crippen LogP contribution in [0.25, 0.3) is 0 Å². The number of carbonyl (C=O) groups is 2. The molecule has 3 rings (SSSR count). The fourth-order valence-electron chi connectivity index (χ4n) is 4.77. The highest BCUT2D eigenvalue weighted by Gasteiger charge is 2.42. The summed E-state index contributed by atoms with van der Waals surface area (Å²) in [6.07, 6.45) is 4.26. The van der Waals surface area contributed by atoms with Gasteiger partial charge in [0.25, 0.3) is 5.91 Å². The number of rotatable bonds is 7. The molecular weight excluding hydrogens is 396 g/mol. The highest BCUT2D eigenvalue weighted by atomic mass is 32.1. The van der Waals surface area contributed by atoms with Crippen LogP contribution >= 0.6 is 11.3 Å². The lowest BCUT2D eigenvalue weighted by Crippen LogP contribution is -2.61. The number of aryl methyl sites for hydroxylation is 2. The van der Waals surface area contributed by atoms with Crippen LogP contribution in [0.3, 0.4) is 0 Å². The lowest BCUT2D eigenvalue weighted by Gasteiger charge is -2.46. The van der Waals surface area contributed by atoms with E-state index in [2.05, 4.69) is 43.4 Å². The third kappa shape index (κ3) is 4.76. The number of likely N-dealkylation sites (tertiary alicyclic amines) is 1. The lowest BCUT2D eigenvalue weighted by molar-refractivity contribution is -0.959. The summed E-state index contributed by atoms with van der Waals surface area (Å²) in [7, 11) is 1.37. The van der Waals surface area contributed by atoms with E-state index in [1.165, 1.54) is 36.0 Å². The predicted octanol–water partition coefficient (Wildman–Crippen LogP) is 5.07. The van der Waals surface area contributed by atoms with Crippen LogP contribution in [0.4, 0.5) is 5.69 Å². The quantitative estimate of drug-likeness (QED) is 0.494. The summed E-state index contributed by atoms with van der Waals surface area (Å²) >= 11 is 1.31. The van der Waals surface area contributed by atoms with Crippen LogP contribution in [-0.4, -0.2) is 42.6 Å². The van der Waals surface area contributed by atoms with E-state index in [0.717, 1.165) is 48.9 Å². The van der Waals surface area contributed by atoms with Crippen molar-refractivity contribution in [3.63, 3.8) is 0 Å². The van der Waals surface area contributed by atoms with Crippen molar-refractivity contribution < 1.29 is 18.8 Å². The van der Waals surface area contributed by atoms with E-state index in [1.807, 2.05) is 12.3 Å². The summed E-state index contributed by atoms with van der Waals surface area (Å²) < 4.78 is 5.68. The minimum absolute atomic E-state index is 0.00120. The molecule has 1 unspecified atom stereocenters. The summed E-state index contributed by atoms with van der Waals surface area (Å²) in [5.74, 6) is -0.406. The van der Waals surface area contributed by atoms with Gasteiger partial charge in [-0.3, -0.25) is 4.79 Å². The molecule has 1 aromatic heterocycles. The smallest absolute Gasteiger partial charge is 0.350 e. The number of ether oxygens (including phenoxy) is 1. The van der Waals surface area contributed by atoms with E-state index in [0.29, 0.717) is 10.6 Å². The highest BCUT2D eigenvalue weighted by Crippen LogP contribution is 2.32. The molecule has 1 atom stereocenters. The number of esters is 1. The van der Waals surface area contributed by atoms with E-state index >= 15 is 0 Å². The second-order valence-electron chi connectivity index (χ2n) is 8.40.